The number of primary sulfonamides is 1. The van der Waals surface area contributed by atoms with Gasteiger partial charge in [0.25, 0.3) is 10.0 Å². The zero-order valence-corrected chi connectivity index (χ0v) is 23.7. The maximum atomic E-state index is 12.6. The van der Waals surface area contributed by atoms with Crippen LogP contribution in [0.5, 0.6) is 0 Å². The molecule has 0 radical (unpaired) electrons. The van der Waals surface area contributed by atoms with Crippen LogP contribution in [0.15, 0.2) is 4.34 Å². The van der Waals surface area contributed by atoms with Crippen LogP contribution < -0.4 is 10.5 Å². The number of fused-ring (bicyclic) bond motifs is 5. The summed E-state index contributed by atoms with van der Waals surface area (Å²) in [6, 6.07) is 0. The fraction of sp³-hybridized carbons (Fsp3) is 0.885. The summed E-state index contributed by atoms with van der Waals surface area (Å²) in [5.74, 6) is 2.45. The first-order valence-corrected chi connectivity index (χ1v) is 16.2. The maximum Gasteiger partial charge on any atom is 0.267 e. The van der Waals surface area contributed by atoms with E-state index >= 15 is 0 Å². The Morgan fingerprint density at radius 2 is 1.81 bits per heavy atom. The van der Waals surface area contributed by atoms with Crippen molar-refractivity contribution >= 4 is 32.4 Å². The van der Waals surface area contributed by atoms with E-state index in [1.54, 1.807) is 0 Å². The van der Waals surface area contributed by atoms with Gasteiger partial charge in [-0.15, -0.1) is 10.2 Å². The predicted octanol–water partition coefficient (Wildman–Crippen LogP) is 3.53. The fourth-order valence-corrected chi connectivity index (χ4v) is 10.6. The molecule has 4 aliphatic carbocycles. The van der Waals surface area contributed by atoms with Crippen molar-refractivity contribution in [1.82, 2.24) is 10.2 Å². The predicted molar refractivity (Wildman–Crippen MR) is 141 cm³/mol. The SMILES string of the molecule is C[C@H](CCC(=O)Nc1nnc(S(N)(=O)=O)s1)[C@H]1CCC2C3C(CC[C@@]21C)[C@@]1(C)CC[C@@H](O)C[C@H]1C[C@H]3O. The molecule has 1 aromatic heterocycles. The molecule has 1 amide bonds. The Labute approximate surface area is 224 Å². The Kier molecular flexibility index (Phi) is 7.26. The van der Waals surface area contributed by atoms with Gasteiger partial charge in [-0.25, -0.2) is 13.6 Å². The van der Waals surface area contributed by atoms with Crippen LogP contribution in [-0.4, -0.2) is 46.9 Å². The number of aliphatic hydroxyl groups excluding tert-OH is 2. The number of nitrogens with one attached hydrogen (secondary N) is 1. The van der Waals surface area contributed by atoms with Gasteiger partial charge in [0.1, 0.15) is 0 Å². The molecular formula is C26H42N4O5S2. The molecule has 0 aliphatic heterocycles. The van der Waals surface area contributed by atoms with Crippen molar-refractivity contribution in [1.29, 1.82) is 0 Å². The van der Waals surface area contributed by atoms with Crippen LogP contribution in [0.4, 0.5) is 5.13 Å². The van der Waals surface area contributed by atoms with Crippen LogP contribution in [-0.2, 0) is 14.8 Å². The van der Waals surface area contributed by atoms with Gasteiger partial charge in [0, 0.05) is 6.42 Å². The minimum absolute atomic E-state index is 0.140. The number of nitrogens with zero attached hydrogens (tertiary/aromatic N) is 2. The molecule has 37 heavy (non-hydrogen) atoms. The summed E-state index contributed by atoms with van der Waals surface area (Å²) < 4.78 is 22.5. The Morgan fingerprint density at radius 3 is 2.51 bits per heavy atom. The van der Waals surface area contributed by atoms with Crippen molar-refractivity contribution in [3.05, 3.63) is 0 Å². The van der Waals surface area contributed by atoms with E-state index < -0.39 is 10.0 Å². The first-order valence-electron chi connectivity index (χ1n) is 13.8. The zero-order valence-electron chi connectivity index (χ0n) is 22.1. The summed E-state index contributed by atoms with van der Waals surface area (Å²) in [7, 11) is -3.93. The highest BCUT2D eigenvalue weighted by molar-refractivity contribution is 7.91. The standard InChI is InChI=1S/C26H42N4O5S2/c1-14(4-7-21(33)28-23-29-30-24(36-23)37(27,34)35)17-5-6-18-22-19(9-11-26(17,18)3)25(2)10-8-16(31)12-15(25)13-20(22)32/h14-20,22,31-32H,4-13H2,1-3H3,(H2,27,34,35)(H,28,29,33)/t14-,15+,16-,17-,18?,19?,20-,22?,25+,26-/m1/s1. The second kappa shape index (κ2) is 9.80. The normalized spacial score (nSPS) is 42.4. The van der Waals surface area contributed by atoms with E-state index in [9.17, 15) is 23.4 Å². The van der Waals surface area contributed by atoms with Crippen LogP contribution in [0.3, 0.4) is 0 Å². The van der Waals surface area contributed by atoms with E-state index in [1.165, 1.54) is 6.42 Å². The molecule has 208 valence electrons. The highest BCUT2D eigenvalue weighted by Crippen LogP contribution is 2.68. The third-order valence-corrected chi connectivity index (χ3v) is 13.3. The Hall–Kier alpha value is -1.14. The summed E-state index contributed by atoms with van der Waals surface area (Å²) in [5, 5.41) is 36.8. The second-order valence-corrected chi connectivity index (χ2v) is 15.6. The van der Waals surface area contributed by atoms with Gasteiger partial charge in [0.15, 0.2) is 0 Å². The minimum atomic E-state index is -3.93. The van der Waals surface area contributed by atoms with Gasteiger partial charge in [-0.05, 0) is 104 Å². The van der Waals surface area contributed by atoms with Crippen LogP contribution in [0.25, 0.3) is 0 Å². The number of hydrogen-bond acceptors (Lipinski definition) is 8. The molecule has 3 unspecified atom stereocenters. The average molecular weight is 555 g/mol. The number of sulfonamides is 1. The zero-order chi connectivity index (χ0) is 26.8. The molecule has 0 spiro atoms. The van der Waals surface area contributed by atoms with Crippen molar-refractivity contribution < 1.29 is 23.4 Å². The van der Waals surface area contributed by atoms with Gasteiger partial charge in [0.2, 0.25) is 15.4 Å². The molecule has 9 nitrogen and oxygen atoms in total. The summed E-state index contributed by atoms with van der Waals surface area (Å²) >= 11 is 0.756. The van der Waals surface area contributed by atoms with E-state index in [0.29, 0.717) is 41.9 Å². The molecule has 5 N–H and O–H groups in total. The Morgan fingerprint density at radius 1 is 1.11 bits per heavy atom. The minimum Gasteiger partial charge on any atom is -0.393 e. The third-order valence-electron chi connectivity index (χ3n) is 11.1. The lowest BCUT2D eigenvalue weighted by molar-refractivity contribution is -0.174. The number of hydrogen-bond donors (Lipinski definition) is 4. The Bertz CT molecular complexity index is 1130. The van der Waals surface area contributed by atoms with Crippen LogP contribution in [0.1, 0.15) is 85.0 Å². The number of anilines is 1. The van der Waals surface area contributed by atoms with Crippen molar-refractivity contribution in [2.75, 3.05) is 5.32 Å². The second-order valence-electron chi connectivity index (χ2n) is 12.9. The van der Waals surface area contributed by atoms with Crippen LogP contribution in [0.2, 0.25) is 0 Å². The highest BCUT2D eigenvalue weighted by atomic mass is 32.2. The van der Waals surface area contributed by atoms with Gasteiger partial charge in [-0.1, -0.05) is 32.1 Å². The number of nitrogens with two attached hydrogens (primary N) is 1. The fourth-order valence-electron chi connectivity index (χ4n) is 9.29. The van der Waals surface area contributed by atoms with E-state index in [0.717, 1.165) is 62.7 Å². The van der Waals surface area contributed by atoms with E-state index in [2.05, 4.69) is 36.3 Å². The molecule has 1 heterocycles. The Balaban J connectivity index is 1.22. The number of aromatic nitrogens is 2. The molecule has 0 bridgehead atoms. The molecule has 4 aliphatic rings. The van der Waals surface area contributed by atoms with E-state index in [1.807, 2.05) is 0 Å². The monoisotopic (exact) mass is 554 g/mol. The van der Waals surface area contributed by atoms with E-state index in [-0.39, 0.29) is 38.4 Å². The van der Waals surface area contributed by atoms with Crippen LogP contribution in [0, 0.1) is 46.3 Å². The number of aliphatic hydroxyl groups is 2. The quantitative estimate of drug-likeness (QED) is 0.392. The number of carbonyl (C=O) groups is 1. The molecule has 5 rings (SSSR count). The van der Waals surface area contributed by atoms with E-state index in [4.69, 9.17) is 5.14 Å². The lowest BCUT2D eigenvalue weighted by Gasteiger charge is -2.62. The molecule has 4 fully saturated rings. The summed E-state index contributed by atoms with van der Waals surface area (Å²) in [6.45, 7) is 7.12. The average Bonchev–Trinajstić information content (AvgIpc) is 3.43. The van der Waals surface area contributed by atoms with Crippen molar-refractivity contribution in [3.8, 4) is 0 Å². The van der Waals surface area contributed by atoms with Gasteiger partial charge >= 0.3 is 0 Å². The first-order chi connectivity index (χ1) is 17.3. The molecule has 11 heteroatoms. The first kappa shape index (κ1) is 27.4. The van der Waals surface area contributed by atoms with Crippen molar-refractivity contribution in [3.63, 3.8) is 0 Å². The topological polar surface area (TPSA) is 155 Å². The highest BCUT2D eigenvalue weighted by Gasteiger charge is 2.62. The largest absolute Gasteiger partial charge is 0.393 e. The summed E-state index contributed by atoms with van der Waals surface area (Å²) in [5.41, 5.74) is 0.388. The van der Waals surface area contributed by atoms with Gasteiger partial charge in [-0.3, -0.25) is 4.79 Å². The summed E-state index contributed by atoms with van der Waals surface area (Å²) in [6.07, 6.45) is 8.76. The third kappa shape index (κ3) is 4.88. The molecule has 10 atom stereocenters. The molecule has 0 aromatic carbocycles. The lowest BCUT2D eigenvalue weighted by Crippen LogP contribution is -2.58. The lowest BCUT2D eigenvalue weighted by atomic mass is 9.43. The van der Waals surface area contributed by atoms with Crippen molar-refractivity contribution in [2.24, 2.45) is 51.5 Å². The van der Waals surface area contributed by atoms with Gasteiger partial charge in [-0.2, -0.15) is 0 Å². The van der Waals surface area contributed by atoms with Crippen LogP contribution >= 0.6 is 11.3 Å². The molecule has 1 aromatic rings. The molecular weight excluding hydrogens is 512 g/mol. The number of carbonyl (C=O) groups excluding carboxylic acids is 1. The van der Waals surface area contributed by atoms with Gasteiger partial charge < -0.3 is 15.5 Å². The smallest absolute Gasteiger partial charge is 0.267 e. The number of rotatable bonds is 6. The number of amides is 1. The van der Waals surface area contributed by atoms with Gasteiger partial charge in [0.05, 0.1) is 12.2 Å². The maximum absolute atomic E-state index is 12.6. The molecule has 4 saturated carbocycles. The summed E-state index contributed by atoms with van der Waals surface area (Å²) in [4.78, 5) is 12.6. The van der Waals surface area contributed by atoms with Crippen molar-refractivity contribution in [2.45, 2.75) is 102 Å². The molecule has 0 saturated heterocycles.